The van der Waals surface area contributed by atoms with Gasteiger partial charge in [0.05, 0.1) is 18.6 Å². The van der Waals surface area contributed by atoms with Gasteiger partial charge in [-0.2, -0.15) is 0 Å². The number of nitrogens with one attached hydrogen (secondary N) is 4. The second kappa shape index (κ2) is 14.3. The molecule has 1 aromatic carbocycles. The number of likely N-dealkylation sites (tertiary alicyclic amines) is 1. The molecule has 2 aliphatic rings. The van der Waals surface area contributed by atoms with Gasteiger partial charge in [0.2, 0.25) is 23.6 Å². The number of carbonyl (C=O) groups is 5. The fourth-order valence-electron chi connectivity index (χ4n) is 4.50. The number of hydrogen-bond acceptors (Lipinski definition) is 6. The fourth-order valence-corrected chi connectivity index (χ4v) is 4.50. The molecule has 0 unspecified atom stereocenters. The minimum absolute atomic E-state index is 0.114. The van der Waals surface area contributed by atoms with Crippen molar-refractivity contribution >= 4 is 29.5 Å². The Hall–Kier alpha value is -3.63. The van der Waals surface area contributed by atoms with E-state index in [4.69, 9.17) is 4.74 Å². The zero-order valence-corrected chi connectivity index (χ0v) is 22.2. The number of rotatable bonds is 7. The van der Waals surface area contributed by atoms with Crippen LogP contribution in [0.25, 0.3) is 0 Å². The van der Waals surface area contributed by atoms with E-state index < -0.39 is 29.8 Å². The highest BCUT2D eigenvalue weighted by molar-refractivity contribution is 6.01. The predicted octanol–water partition coefficient (Wildman–Crippen LogP) is 0.733. The van der Waals surface area contributed by atoms with Crippen LogP contribution in [0, 0.1) is 5.92 Å². The Kier molecular flexibility index (Phi) is 10.9. The Labute approximate surface area is 223 Å². The van der Waals surface area contributed by atoms with Crippen molar-refractivity contribution in [3.8, 4) is 5.75 Å². The van der Waals surface area contributed by atoms with Gasteiger partial charge in [0.15, 0.2) is 0 Å². The standard InChI is InChI=1S/C27H39N5O6/c1-18(2)16-20-26(36)29-12-7-15-38-22-9-4-3-8-19(22)25(35)31-21(17-23(33)30-20)27(37)28-11-6-14-32-13-5-10-24(32)34/h3-4,8-9,18,20-21H,5-7,10-17H2,1-2H3,(H,28,37)(H,29,36)(H,30,33)(H,31,35)/t20-,21+/m1/s1. The molecule has 0 aliphatic carbocycles. The summed E-state index contributed by atoms with van der Waals surface area (Å²) in [5.74, 6) is -1.28. The normalized spacial score (nSPS) is 21.4. The monoisotopic (exact) mass is 529 g/mol. The quantitative estimate of drug-likeness (QED) is 0.383. The molecule has 0 aromatic heterocycles. The largest absolute Gasteiger partial charge is 0.493 e. The van der Waals surface area contributed by atoms with Crippen LogP contribution >= 0.6 is 0 Å². The van der Waals surface area contributed by atoms with Gasteiger partial charge in [-0.05, 0) is 43.7 Å². The Morgan fingerprint density at radius 2 is 1.92 bits per heavy atom. The third kappa shape index (κ3) is 8.74. The highest BCUT2D eigenvalue weighted by atomic mass is 16.5. The van der Waals surface area contributed by atoms with Crippen molar-refractivity contribution in [1.82, 2.24) is 26.2 Å². The van der Waals surface area contributed by atoms with E-state index in [9.17, 15) is 24.0 Å². The molecule has 0 bridgehead atoms. The molecule has 1 fully saturated rings. The van der Waals surface area contributed by atoms with Crippen molar-refractivity contribution in [2.24, 2.45) is 5.92 Å². The molecular formula is C27H39N5O6. The average Bonchev–Trinajstić information content (AvgIpc) is 3.29. The summed E-state index contributed by atoms with van der Waals surface area (Å²) in [7, 11) is 0. The summed E-state index contributed by atoms with van der Waals surface area (Å²) in [6, 6.07) is 4.74. The molecule has 2 atom stereocenters. The van der Waals surface area contributed by atoms with Gasteiger partial charge in [-0.3, -0.25) is 24.0 Å². The summed E-state index contributed by atoms with van der Waals surface area (Å²) in [5, 5.41) is 11.0. The zero-order chi connectivity index (χ0) is 27.5. The maximum absolute atomic E-state index is 13.2. The first-order valence-corrected chi connectivity index (χ1v) is 13.4. The van der Waals surface area contributed by atoms with Crippen molar-refractivity contribution in [2.75, 3.05) is 32.8 Å². The van der Waals surface area contributed by atoms with E-state index in [-0.39, 0.29) is 42.9 Å². The van der Waals surface area contributed by atoms with Gasteiger partial charge in [-0.1, -0.05) is 26.0 Å². The number of nitrogens with zero attached hydrogens (tertiary/aromatic N) is 1. The molecule has 5 amide bonds. The van der Waals surface area contributed by atoms with E-state index in [0.717, 1.165) is 13.0 Å². The van der Waals surface area contributed by atoms with Crippen molar-refractivity contribution < 1.29 is 28.7 Å². The molecule has 2 aliphatic heterocycles. The molecule has 0 spiro atoms. The van der Waals surface area contributed by atoms with Gasteiger partial charge in [0.25, 0.3) is 5.91 Å². The van der Waals surface area contributed by atoms with Crippen molar-refractivity contribution in [2.45, 2.75) is 64.5 Å². The van der Waals surface area contributed by atoms with Crippen LogP contribution in [0.2, 0.25) is 0 Å². The summed E-state index contributed by atoms with van der Waals surface area (Å²) >= 11 is 0. The molecule has 208 valence electrons. The lowest BCUT2D eigenvalue weighted by Gasteiger charge is -2.23. The lowest BCUT2D eigenvalue weighted by Crippen LogP contribution is -2.52. The smallest absolute Gasteiger partial charge is 0.255 e. The average molecular weight is 530 g/mol. The summed E-state index contributed by atoms with van der Waals surface area (Å²) in [5.41, 5.74) is 0.245. The summed E-state index contributed by atoms with van der Waals surface area (Å²) < 4.78 is 5.79. The van der Waals surface area contributed by atoms with Gasteiger partial charge in [-0.25, -0.2) is 0 Å². The first-order chi connectivity index (χ1) is 18.2. The van der Waals surface area contributed by atoms with Gasteiger partial charge >= 0.3 is 0 Å². The zero-order valence-electron chi connectivity index (χ0n) is 22.2. The molecule has 11 heteroatoms. The minimum atomic E-state index is -1.17. The van der Waals surface area contributed by atoms with Crippen LogP contribution in [0.15, 0.2) is 24.3 Å². The molecule has 11 nitrogen and oxygen atoms in total. The summed E-state index contributed by atoms with van der Waals surface area (Å²) in [4.78, 5) is 65.5. The van der Waals surface area contributed by atoms with Crippen LogP contribution in [-0.4, -0.2) is 79.3 Å². The topological polar surface area (TPSA) is 146 Å². The highest BCUT2D eigenvalue weighted by Gasteiger charge is 2.29. The molecule has 1 aromatic rings. The first kappa shape index (κ1) is 28.9. The van der Waals surface area contributed by atoms with Crippen molar-refractivity contribution in [1.29, 1.82) is 0 Å². The lowest BCUT2D eigenvalue weighted by molar-refractivity contribution is -0.131. The fraction of sp³-hybridized carbons (Fsp3) is 0.593. The van der Waals surface area contributed by atoms with Crippen LogP contribution in [0.3, 0.4) is 0 Å². The Morgan fingerprint density at radius 3 is 2.66 bits per heavy atom. The van der Waals surface area contributed by atoms with E-state index in [1.165, 1.54) is 0 Å². The van der Waals surface area contributed by atoms with Gasteiger partial charge in [0, 0.05) is 32.6 Å². The van der Waals surface area contributed by atoms with Crippen LogP contribution < -0.4 is 26.0 Å². The Morgan fingerprint density at radius 1 is 1.13 bits per heavy atom. The molecule has 0 saturated carbocycles. The SMILES string of the molecule is CC(C)C[C@H]1NC(=O)C[C@@H](C(=O)NCCCN2CCCC2=O)NC(=O)c2ccccc2OCCCNC1=O. The Bertz CT molecular complexity index is 1010. The predicted molar refractivity (Wildman–Crippen MR) is 140 cm³/mol. The summed E-state index contributed by atoms with van der Waals surface area (Å²) in [6.07, 6.45) is 2.55. The number of ether oxygens (including phenoxy) is 1. The highest BCUT2D eigenvalue weighted by Crippen LogP contribution is 2.19. The number of fused-ring (bicyclic) bond motifs is 1. The van der Waals surface area contributed by atoms with E-state index >= 15 is 0 Å². The summed E-state index contributed by atoms with van der Waals surface area (Å²) in [6.45, 7) is 6.07. The van der Waals surface area contributed by atoms with Crippen LogP contribution in [-0.2, 0) is 19.2 Å². The third-order valence-corrected chi connectivity index (χ3v) is 6.46. The van der Waals surface area contributed by atoms with Crippen LogP contribution in [0.4, 0.5) is 0 Å². The third-order valence-electron chi connectivity index (χ3n) is 6.46. The molecular weight excluding hydrogens is 490 g/mol. The molecule has 3 rings (SSSR count). The van der Waals surface area contributed by atoms with Crippen molar-refractivity contribution in [3.05, 3.63) is 29.8 Å². The van der Waals surface area contributed by atoms with E-state index in [1.54, 1.807) is 29.2 Å². The Balaban J connectivity index is 1.73. The lowest BCUT2D eigenvalue weighted by atomic mass is 10.0. The van der Waals surface area contributed by atoms with E-state index in [0.29, 0.717) is 44.5 Å². The maximum Gasteiger partial charge on any atom is 0.255 e. The molecule has 38 heavy (non-hydrogen) atoms. The molecule has 1 saturated heterocycles. The number of amides is 5. The maximum atomic E-state index is 13.2. The van der Waals surface area contributed by atoms with Crippen LogP contribution in [0.1, 0.15) is 62.7 Å². The van der Waals surface area contributed by atoms with Crippen molar-refractivity contribution in [3.63, 3.8) is 0 Å². The second-order valence-electron chi connectivity index (χ2n) is 10.1. The number of carbonyl (C=O) groups excluding carboxylic acids is 5. The molecule has 4 N–H and O–H groups in total. The van der Waals surface area contributed by atoms with E-state index in [1.807, 2.05) is 13.8 Å². The first-order valence-electron chi connectivity index (χ1n) is 13.4. The number of para-hydroxylation sites is 1. The van der Waals surface area contributed by atoms with Gasteiger partial charge < -0.3 is 30.9 Å². The number of benzene rings is 1. The van der Waals surface area contributed by atoms with E-state index in [2.05, 4.69) is 21.3 Å². The molecule has 2 heterocycles. The van der Waals surface area contributed by atoms with Gasteiger partial charge in [-0.15, -0.1) is 0 Å². The number of hydrogen-bond donors (Lipinski definition) is 4. The molecule has 0 radical (unpaired) electrons. The minimum Gasteiger partial charge on any atom is -0.493 e. The van der Waals surface area contributed by atoms with Crippen LogP contribution in [0.5, 0.6) is 5.75 Å². The second-order valence-corrected chi connectivity index (χ2v) is 10.1. The van der Waals surface area contributed by atoms with Gasteiger partial charge in [0.1, 0.15) is 17.8 Å².